The molecule has 0 bridgehead atoms. The van der Waals surface area contributed by atoms with E-state index in [0.29, 0.717) is 5.57 Å². The number of thiophene rings is 1. The van der Waals surface area contributed by atoms with E-state index >= 15 is 0 Å². The van der Waals surface area contributed by atoms with Gasteiger partial charge in [0.05, 0.1) is 0 Å². The lowest BCUT2D eigenvalue weighted by molar-refractivity contribution is 0.0954. The highest BCUT2D eigenvalue weighted by molar-refractivity contribution is 7.13. The van der Waals surface area contributed by atoms with Crippen molar-refractivity contribution in [1.29, 1.82) is 15.8 Å². The Morgan fingerprint density at radius 2 is 1.37 bits per heavy atom. The second-order valence-corrected chi connectivity index (χ2v) is 19.4. The molecule has 0 saturated heterocycles. The maximum atomic E-state index is 9.91. The van der Waals surface area contributed by atoms with Crippen molar-refractivity contribution in [3.05, 3.63) is 135 Å². The number of hydrogen-bond donors (Lipinski definition) is 0. The van der Waals surface area contributed by atoms with Crippen LogP contribution in [0.4, 0.5) is 5.69 Å². The van der Waals surface area contributed by atoms with Crippen LogP contribution in [0.5, 0.6) is 5.75 Å². The molecular weight excluding hydrogens is 677 g/mol. The van der Waals surface area contributed by atoms with Crippen LogP contribution in [0.25, 0.3) is 18.2 Å². The van der Waals surface area contributed by atoms with Gasteiger partial charge in [-0.3, -0.25) is 0 Å². The zero-order chi connectivity index (χ0) is 37.5. The Kier molecular flexibility index (Phi) is 11.4. The van der Waals surface area contributed by atoms with Crippen molar-refractivity contribution in [2.75, 3.05) is 18.0 Å². The van der Waals surface area contributed by atoms with Crippen LogP contribution in [-0.2, 0) is 4.74 Å². The molecule has 6 nitrogen and oxygen atoms in total. The van der Waals surface area contributed by atoms with Crippen LogP contribution < -0.4 is 19.7 Å². The van der Waals surface area contributed by atoms with Crippen LogP contribution in [0.15, 0.2) is 120 Å². The summed E-state index contributed by atoms with van der Waals surface area (Å²) >= 11 is 1.62. The lowest BCUT2D eigenvalue weighted by Crippen LogP contribution is -2.68. The highest BCUT2D eigenvalue weighted by atomic mass is 32.1. The van der Waals surface area contributed by atoms with E-state index in [1.807, 2.05) is 44.2 Å². The first-order valence-corrected chi connectivity index (χ1v) is 20.2. The van der Waals surface area contributed by atoms with Crippen molar-refractivity contribution in [1.82, 2.24) is 0 Å². The van der Waals surface area contributed by atoms with Crippen LogP contribution in [0.3, 0.4) is 0 Å². The van der Waals surface area contributed by atoms with Gasteiger partial charge in [0, 0.05) is 45.7 Å². The van der Waals surface area contributed by atoms with Gasteiger partial charge in [0.2, 0.25) is 0 Å². The van der Waals surface area contributed by atoms with Gasteiger partial charge in [-0.05, 0) is 85.6 Å². The molecule has 0 spiro atoms. The molecule has 5 rings (SSSR count). The monoisotopic (exact) mass is 720 g/mol. The van der Waals surface area contributed by atoms with Crippen LogP contribution >= 0.6 is 11.3 Å². The summed E-state index contributed by atoms with van der Waals surface area (Å²) in [5.74, 6) is 0.888. The number of benzene rings is 3. The molecule has 262 valence electrons. The summed E-state index contributed by atoms with van der Waals surface area (Å²) in [6.45, 7) is 16.7. The SMILES string of the molecule is CCN(CC)c1ccc(/C=C\c2ccc(/C=C/C3=C(C#N)C(=C(C#N)C#N)OC3(C)C)s2)c(O[Si](c2ccccc2)(c2ccccc2)C(C)(C)C)c1. The van der Waals surface area contributed by atoms with E-state index in [1.165, 1.54) is 10.4 Å². The second kappa shape index (κ2) is 15.7. The normalized spacial score (nSPS) is 14.2. The van der Waals surface area contributed by atoms with E-state index in [0.717, 1.165) is 39.8 Å². The first-order valence-electron chi connectivity index (χ1n) is 17.5. The molecule has 8 heteroatoms. The topological polar surface area (TPSA) is 93.1 Å². The fourth-order valence-electron chi connectivity index (χ4n) is 6.72. The number of nitrogens with zero attached hydrogens (tertiary/aromatic N) is 4. The Balaban J connectivity index is 1.56. The minimum Gasteiger partial charge on any atom is -0.534 e. The predicted molar refractivity (Wildman–Crippen MR) is 217 cm³/mol. The Bertz CT molecular complexity index is 2110. The first kappa shape index (κ1) is 37.7. The minimum atomic E-state index is -2.90. The average Bonchev–Trinajstić information content (AvgIpc) is 3.70. The highest BCUT2D eigenvalue weighted by Gasteiger charge is 2.52. The molecule has 0 unspecified atom stereocenters. The maximum Gasteiger partial charge on any atom is 0.319 e. The second-order valence-electron chi connectivity index (χ2n) is 14.0. The lowest BCUT2D eigenvalue weighted by Gasteiger charge is -2.43. The summed E-state index contributed by atoms with van der Waals surface area (Å²) in [5.41, 5.74) is 1.87. The highest BCUT2D eigenvalue weighted by Crippen LogP contribution is 2.42. The Hall–Kier alpha value is -5.59. The fraction of sp³-hybridized carbons (Fsp3) is 0.250. The number of anilines is 1. The van der Waals surface area contributed by atoms with Gasteiger partial charge in [0.1, 0.15) is 35.1 Å². The molecule has 0 amide bonds. The van der Waals surface area contributed by atoms with E-state index in [1.54, 1.807) is 11.3 Å². The average molecular weight is 721 g/mol. The maximum absolute atomic E-state index is 9.91. The summed E-state index contributed by atoms with van der Waals surface area (Å²) in [7, 11) is -2.90. The third-order valence-corrected chi connectivity index (χ3v) is 15.3. The molecule has 0 N–H and O–H groups in total. The zero-order valence-electron chi connectivity index (χ0n) is 30.9. The quantitative estimate of drug-likeness (QED) is 0.113. The van der Waals surface area contributed by atoms with Gasteiger partial charge < -0.3 is 14.1 Å². The molecule has 0 saturated carbocycles. The van der Waals surface area contributed by atoms with Crippen molar-refractivity contribution in [3.8, 4) is 24.0 Å². The summed E-state index contributed by atoms with van der Waals surface area (Å²) in [6.07, 6.45) is 8.03. The Morgan fingerprint density at radius 3 is 1.87 bits per heavy atom. The number of hydrogen-bond acceptors (Lipinski definition) is 7. The largest absolute Gasteiger partial charge is 0.534 e. The van der Waals surface area contributed by atoms with Gasteiger partial charge in [-0.25, -0.2) is 0 Å². The predicted octanol–water partition coefficient (Wildman–Crippen LogP) is 9.65. The van der Waals surface area contributed by atoms with Gasteiger partial charge in [0.15, 0.2) is 11.3 Å². The molecule has 0 fully saturated rings. The molecule has 1 aromatic heterocycles. The summed E-state index contributed by atoms with van der Waals surface area (Å²) in [5, 5.41) is 30.9. The zero-order valence-corrected chi connectivity index (χ0v) is 32.7. The van der Waals surface area contributed by atoms with E-state index in [9.17, 15) is 15.8 Å². The van der Waals surface area contributed by atoms with E-state index < -0.39 is 13.9 Å². The standard InChI is InChI=1S/C44H44N4O2SSi/c1-8-48(9-2)34-22-20-32(41(28-34)50-52(43(3,4)5,37-16-12-10-13-17-37)38-18-14-11-15-19-38)21-23-35-24-25-36(51-35)26-27-40-39(31-47)42(33(29-45)30-46)49-44(40,6)7/h10-28H,8-9H2,1-7H3/b23-21-,27-26+. The smallest absolute Gasteiger partial charge is 0.319 e. The molecule has 4 aromatic rings. The van der Waals surface area contributed by atoms with Crippen molar-refractivity contribution >= 4 is 53.9 Å². The fourth-order valence-corrected chi connectivity index (χ4v) is 12.0. The van der Waals surface area contributed by atoms with Crippen LogP contribution in [0.2, 0.25) is 5.04 Å². The van der Waals surface area contributed by atoms with Gasteiger partial charge >= 0.3 is 8.32 Å². The Morgan fingerprint density at radius 1 is 0.808 bits per heavy atom. The van der Waals surface area contributed by atoms with Gasteiger partial charge in [-0.1, -0.05) is 87.5 Å². The van der Waals surface area contributed by atoms with Gasteiger partial charge in [-0.2, -0.15) is 15.8 Å². The van der Waals surface area contributed by atoms with Crippen molar-refractivity contribution in [3.63, 3.8) is 0 Å². The number of nitriles is 3. The van der Waals surface area contributed by atoms with Crippen LogP contribution in [0, 0.1) is 34.0 Å². The van der Waals surface area contributed by atoms with E-state index in [2.05, 4.69) is 143 Å². The number of rotatable bonds is 11. The summed E-state index contributed by atoms with van der Waals surface area (Å²) < 4.78 is 13.5. The summed E-state index contributed by atoms with van der Waals surface area (Å²) in [6, 6.07) is 37.9. The molecule has 0 radical (unpaired) electrons. The third kappa shape index (κ3) is 7.53. The molecule has 2 heterocycles. The van der Waals surface area contributed by atoms with Gasteiger partial charge in [-0.15, -0.1) is 11.3 Å². The minimum absolute atomic E-state index is 0.0371. The third-order valence-electron chi connectivity index (χ3n) is 9.36. The molecule has 1 aliphatic heterocycles. The molecule has 52 heavy (non-hydrogen) atoms. The van der Waals surface area contributed by atoms with Crippen molar-refractivity contribution in [2.24, 2.45) is 0 Å². The number of allylic oxidation sites excluding steroid dienone is 2. The Labute approximate surface area is 313 Å². The van der Waals surface area contributed by atoms with Gasteiger partial charge in [0.25, 0.3) is 0 Å². The van der Waals surface area contributed by atoms with Crippen LogP contribution in [-0.4, -0.2) is 27.0 Å². The first-order chi connectivity index (χ1) is 24.9. The van der Waals surface area contributed by atoms with E-state index in [4.69, 9.17) is 9.16 Å². The summed E-state index contributed by atoms with van der Waals surface area (Å²) in [4.78, 5) is 4.38. The van der Waals surface area contributed by atoms with E-state index in [-0.39, 0.29) is 21.9 Å². The van der Waals surface area contributed by atoms with Crippen molar-refractivity contribution < 1.29 is 9.16 Å². The number of ether oxygens (including phenoxy) is 1. The lowest BCUT2D eigenvalue weighted by atomic mass is 9.94. The molecular formula is C44H44N4O2SSi. The van der Waals surface area contributed by atoms with Crippen LogP contribution in [0.1, 0.15) is 63.8 Å². The molecule has 3 aromatic carbocycles. The van der Waals surface area contributed by atoms with Crippen molar-refractivity contribution in [2.45, 2.75) is 59.1 Å². The molecule has 0 atom stereocenters. The molecule has 1 aliphatic rings. The molecule has 0 aliphatic carbocycles.